The molecule has 0 unspecified atom stereocenters. The number of aliphatic carboxylic acids is 1. The first-order chi connectivity index (χ1) is 6.74. The highest BCUT2D eigenvalue weighted by Crippen LogP contribution is 2.30. The summed E-state index contributed by atoms with van der Waals surface area (Å²) < 4.78 is 5.41. The Morgan fingerprint density at radius 2 is 2.14 bits per heavy atom. The average Bonchev–Trinajstić information content (AvgIpc) is 2.18. The second-order valence-corrected chi connectivity index (χ2v) is 4.10. The van der Waals surface area contributed by atoms with Crippen molar-refractivity contribution in [2.45, 2.75) is 51.0 Å². The van der Waals surface area contributed by atoms with Gasteiger partial charge in [-0.25, -0.2) is 0 Å². The van der Waals surface area contributed by atoms with Crippen LogP contribution in [0.2, 0.25) is 0 Å². The van der Waals surface area contributed by atoms with E-state index in [4.69, 9.17) is 9.84 Å². The zero-order valence-corrected chi connectivity index (χ0v) is 8.87. The molecule has 0 aromatic heterocycles. The van der Waals surface area contributed by atoms with E-state index in [1.54, 1.807) is 7.11 Å². The van der Waals surface area contributed by atoms with Gasteiger partial charge in [0, 0.05) is 13.5 Å². The van der Waals surface area contributed by atoms with Crippen LogP contribution in [-0.4, -0.2) is 24.3 Å². The van der Waals surface area contributed by atoms with Crippen molar-refractivity contribution in [3.63, 3.8) is 0 Å². The van der Waals surface area contributed by atoms with Crippen molar-refractivity contribution in [2.24, 2.45) is 5.92 Å². The molecule has 3 nitrogen and oxygen atoms in total. The number of carboxylic acid groups (broad SMARTS) is 1. The van der Waals surface area contributed by atoms with E-state index in [1.165, 1.54) is 19.3 Å². The molecule has 1 rings (SSSR count). The number of methoxy groups -OCH3 is 1. The molecule has 14 heavy (non-hydrogen) atoms. The maximum Gasteiger partial charge on any atom is 0.303 e. The van der Waals surface area contributed by atoms with Gasteiger partial charge in [-0.2, -0.15) is 0 Å². The van der Waals surface area contributed by atoms with E-state index in [9.17, 15) is 4.79 Å². The predicted octanol–water partition coefficient (Wildman–Crippen LogP) is 2.45. The van der Waals surface area contributed by atoms with E-state index >= 15 is 0 Å². The van der Waals surface area contributed by atoms with Crippen LogP contribution in [0.5, 0.6) is 0 Å². The molecule has 0 aromatic rings. The van der Waals surface area contributed by atoms with Crippen molar-refractivity contribution in [2.75, 3.05) is 7.11 Å². The van der Waals surface area contributed by atoms with Crippen molar-refractivity contribution in [3.8, 4) is 0 Å². The molecule has 1 N–H and O–H groups in total. The van der Waals surface area contributed by atoms with Crippen molar-refractivity contribution in [1.29, 1.82) is 0 Å². The first-order valence-electron chi connectivity index (χ1n) is 5.48. The third-order valence-electron chi connectivity index (χ3n) is 3.11. The van der Waals surface area contributed by atoms with Gasteiger partial charge in [0.05, 0.1) is 6.10 Å². The molecule has 1 aliphatic rings. The fourth-order valence-electron chi connectivity index (χ4n) is 2.33. The smallest absolute Gasteiger partial charge is 0.303 e. The zero-order valence-electron chi connectivity index (χ0n) is 8.87. The van der Waals surface area contributed by atoms with Crippen molar-refractivity contribution >= 4 is 5.97 Å². The monoisotopic (exact) mass is 200 g/mol. The summed E-state index contributed by atoms with van der Waals surface area (Å²) in [6.07, 6.45) is 7.35. The molecule has 2 atom stereocenters. The Hall–Kier alpha value is -0.570. The first kappa shape index (κ1) is 11.5. The van der Waals surface area contributed by atoms with Crippen molar-refractivity contribution in [1.82, 2.24) is 0 Å². The zero-order chi connectivity index (χ0) is 10.4. The summed E-state index contributed by atoms with van der Waals surface area (Å²) in [5.41, 5.74) is 0. The minimum absolute atomic E-state index is 0.299. The molecule has 1 saturated carbocycles. The Bertz CT molecular complexity index is 179. The molecule has 0 spiro atoms. The maximum absolute atomic E-state index is 10.4. The summed E-state index contributed by atoms with van der Waals surface area (Å²) in [6.45, 7) is 0. The van der Waals surface area contributed by atoms with Crippen LogP contribution < -0.4 is 0 Å². The average molecular weight is 200 g/mol. The van der Waals surface area contributed by atoms with Gasteiger partial charge in [0.25, 0.3) is 0 Å². The van der Waals surface area contributed by atoms with Crippen LogP contribution in [0.3, 0.4) is 0 Å². The molecule has 0 amide bonds. The Labute approximate surface area is 85.5 Å². The molecule has 82 valence electrons. The first-order valence-corrected chi connectivity index (χ1v) is 5.48. The normalized spacial score (nSPS) is 27.5. The second-order valence-electron chi connectivity index (χ2n) is 4.10. The molecular formula is C11H20O3. The van der Waals surface area contributed by atoms with Gasteiger partial charge in [-0.3, -0.25) is 4.79 Å². The van der Waals surface area contributed by atoms with Gasteiger partial charge in [0.2, 0.25) is 0 Å². The fourth-order valence-corrected chi connectivity index (χ4v) is 2.33. The summed E-state index contributed by atoms with van der Waals surface area (Å²) >= 11 is 0. The van der Waals surface area contributed by atoms with Crippen LogP contribution in [0.25, 0.3) is 0 Å². The molecular weight excluding hydrogens is 180 g/mol. The standard InChI is InChI=1S/C11H20O3/c1-14-10-7-3-2-5-9(10)6-4-8-11(12)13/h9-10H,2-8H2,1H3,(H,12,13)/t9-,10-/m1/s1. The number of carbonyl (C=O) groups is 1. The third-order valence-corrected chi connectivity index (χ3v) is 3.11. The fraction of sp³-hybridized carbons (Fsp3) is 0.909. The topological polar surface area (TPSA) is 46.5 Å². The third kappa shape index (κ3) is 3.66. The largest absolute Gasteiger partial charge is 0.481 e. The number of hydrogen-bond acceptors (Lipinski definition) is 2. The van der Waals surface area contributed by atoms with Crippen LogP contribution in [0, 0.1) is 5.92 Å². The molecule has 0 aromatic carbocycles. The lowest BCUT2D eigenvalue weighted by atomic mass is 9.83. The highest BCUT2D eigenvalue weighted by atomic mass is 16.5. The molecule has 0 saturated heterocycles. The van der Waals surface area contributed by atoms with Gasteiger partial charge < -0.3 is 9.84 Å². The number of ether oxygens (including phenoxy) is 1. The predicted molar refractivity (Wildman–Crippen MR) is 54.2 cm³/mol. The van der Waals surface area contributed by atoms with Gasteiger partial charge >= 0.3 is 5.97 Å². The molecule has 0 bridgehead atoms. The summed E-state index contributed by atoms with van der Waals surface area (Å²) in [7, 11) is 1.76. The lowest BCUT2D eigenvalue weighted by Crippen LogP contribution is -2.26. The molecule has 1 aliphatic carbocycles. The van der Waals surface area contributed by atoms with Crippen LogP contribution >= 0.6 is 0 Å². The van der Waals surface area contributed by atoms with E-state index in [2.05, 4.69) is 0 Å². The van der Waals surface area contributed by atoms with Gasteiger partial charge in [-0.1, -0.05) is 12.8 Å². The van der Waals surface area contributed by atoms with E-state index in [1.807, 2.05) is 0 Å². The molecule has 3 heteroatoms. The van der Waals surface area contributed by atoms with Gasteiger partial charge in [0.1, 0.15) is 0 Å². The summed E-state index contributed by atoms with van der Waals surface area (Å²) in [5.74, 6) is -0.0946. The van der Waals surface area contributed by atoms with Crippen LogP contribution in [0.1, 0.15) is 44.9 Å². The van der Waals surface area contributed by atoms with E-state index < -0.39 is 5.97 Å². The maximum atomic E-state index is 10.4. The summed E-state index contributed by atoms with van der Waals surface area (Å²) in [5, 5.41) is 8.53. The van der Waals surface area contributed by atoms with Crippen molar-refractivity contribution in [3.05, 3.63) is 0 Å². The highest BCUT2D eigenvalue weighted by Gasteiger charge is 2.24. The van der Waals surface area contributed by atoms with Gasteiger partial charge in [-0.05, 0) is 31.6 Å². The highest BCUT2D eigenvalue weighted by molar-refractivity contribution is 5.66. The van der Waals surface area contributed by atoms with E-state index in [-0.39, 0.29) is 0 Å². The summed E-state index contributed by atoms with van der Waals surface area (Å²) in [6, 6.07) is 0. The van der Waals surface area contributed by atoms with Crippen LogP contribution in [-0.2, 0) is 9.53 Å². The number of carboxylic acids is 1. The minimum Gasteiger partial charge on any atom is -0.481 e. The molecule has 1 fully saturated rings. The quantitative estimate of drug-likeness (QED) is 0.741. The lowest BCUT2D eigenvalue weighted by Gasteiger charge is -2.30. The minimum atomic E-state index is -0.685. The van der Waals surface area contributed by atoms with Crippen molar-refractivity contribution < 1.29 is 14.6 Å². The van der Waals surface area contributed by atoms with E-state index in [0.29, 0.717) is 18.4 Å². The van der Waals surface area contributed by atoms with Gasteiger partial charge in [0.15, 0.2) is 0 Å². The Morgan fingerprint density at radius 1 is 1.43 bits per heavy atom. The Morgan fingerprint density at radius 3 is 2.79 bits per heavy atom. The summed E-state index contributed by atoms with van der Waals surface area (Å²) in [4.78, 5) is 10.4. The lowest BCUT2D eigenvalue weighted by molar-refractivity contribution is -0.137. The van der Waals surface area contributed by atoms with Crippen LogP contribution in [0.15, 0.2) is 0 Å². The number of rotatable bonds is 5. The Kier molecular flexibility index (Phi) is 4.94. The van der Waals surface area contributed by atoms with Crippen LogP contribution in [0.4, 0.5) is 0 Å². The Balaban J connectivity index is 2.22. The molecule has 0 heterocycles. The van der Waals surface area contributed by atoms with E-state index in [0.717, 1.165) is 19.3 Å². The number of hydrogen-bond donors (Lipinski definition) is 1. The SMILES string of the molecule is CO[C@@H]1CCCC[C@@H]1CCCC(=O)O. The second kappa shape index (κ2) is 6.02. The molecule has 0 aliphatic heterocycles. The van der Waals surface area contributed by atoms with Gasteiger partial charge in [-0.15, -0.1) is 0 Å². The molecule has 0 radical (unpaired) electrons.